The average Bonchev–Trinajstić information content (AvgIpc) is 2.46. The summed E-state index contributed by atoms with van der Waals surface area (Å²) in [7, 11) is 0. The van der Waals surface area contributed by atoms with E-state index in [2.05, 4.69) is 0 Å². The van der Waals surface area contributed by atoms with E-state index in [1.165, 1.54) is 6.07 Å². The van der Waals surface area contributed by atoms with Crippen molar-refractivity contribution in [2.45, 2.75) is 13.8 Å². The summed E-state index contributed by atoms with van der Waals surface area (Å²) >= 11 is 5.92. The summed E-state index contributed by atoms with van der Waals surface area (Å²) in [4.78, 5) is 12.3. The van der Waals surface area contributed by atoms with Gasteiger partial charge in [0.2, 0.25) is 0 Å². The van der Waals surface area contributed by atoms with Crippen LogP contribution < -0.4 is 11.2 Å². The van der Waals surface area contributed by atoms with Crippen molar-refractivity contribution in [2.75, 3.05) is 5.73 Å². The van der Waals surface area contributed by atoms with E-state index < -0.39 is 0 Å². The highest BCUT2D eigenvalue weighted by molar-refractivity contribution is 6.33. The maximum absolute atomic E-state index is 12.3. The SMILES string of the molecule is Cc1ccc2c(=O)cc(-c3ccc(Cl)c(N)c3)oc2c1C. The molecule has 0 amide bonds. The summed E-state index contributed by atoms with van der Waals surface area (Å²) in [5, 5.41) is 1.07. The average molecular weight is 300 g/mol. The van der Waals surface area contributed by atoms with Gasteiger partial charge in [-0.15, -0.1) is 0 Å². The smallest absolute Gasteiger partial charge is 0.193 e. The predicted octanol–water partition coefficient (Wildman–Crippen LogP) is 4.31. The maximum atomic E-state index is 12.3. The van der Waals surface area contributed by atoms with Crippen LogP contribution in [0.2, 0.25) is 5.02 Å². The van der Waals surface area contributed by atoms with Crippen molar-refractivity contribution in [2.24, 2.45) is 0 Å². The van der Waals surface area contributed by atoms with Crippen molar-refractivity contribution in [1.82, 2.24) is 0 Å². The molecule has 4 heteroatoms. The molecule has 3 nitrogen and oxygen atoms in total. The van der Waals surface area contributed by atoms with Crippen molar-refractivity contribution in [1.29, 1.82) is 0 Å². The van der Waals surface area contributed by atoms with Crippen LogP contribution in [0.5, 0.6) is 0 Å². The highest BCUT2D eigenvalue weighted by Crippen LogP contribution is 2.29. The van der Waals surface area contributed by atoms with Crippen molar-refractivity contribution >= 4 is 28.3 Å². The number of anilines is 1. The van der Waals surface area contributed by atoms with E-state index in [1.54, 1.807) is 24.3 Å². The summed E-state index contributed by atoms with van der Waals surface area (Å²) in [6.45, 7) is 3.93. The number of hydrogen-bond acceptors (Lipinski definition) is 3. The maximum Gasteiger partial charge on any atom is 0.193 e. The van der Waals surface area contributed by atoms with Gasteiger partial charge in [-0.3, -0.25) is 4.79 Å². The van der Waals surface area contributed by atoms with Gasteiger partial charge in [0.25, 0.3) is 0 Å². The zero-order valence-corrected chi connectivity index (χ0v) is 12.5. The fourth-order valence-corrected chi connectivity index (χ4v) is 2.41. The molecule has 106 valence electrons. The van der Waals surface area contributed by atoms with Crippen molar-refractivity contribution in [3.05, 3.63) is 62.8 Å². The topological polar surface area (TPSA) is 56.2 Å². The van der Waals surface area contributed by atoms with Gasteiger partial charge >= 0.3 is 0 Å². The first-order valence-electron chi connectivity index (χ1n) is 6.57. The van der Waals surface area contributed by atoms with Crippen LogP contribution >= 0.6 is 11.6 Å². The number of rotatable bonds is 1. The molecule has 0 fully saturated rings. The van der Waals surface area contributed by atoms with E-state index >= 15 is 0 Å². The van der Waals surface area contributed by atoms with Gasteiger partial charge < -0.3 is 10.2 Å². The lowest BCUT2D eigenvalue weighted by Crippen LogP contribution is -2.02. The molecule has 2 aromatic carbocycles. The van der Waals surface area contributed by atoms with Gasteiger partial charge in [0, 0.05) is 11.6 Å². The zero-order chi connectivity index (χ0) is 15.1. The van der Waals surface area contributed by atoms with Crippen LogP contribution in [0, 0.1) is 13.8 Å². The van der Waals surface area contributed by atoms with E-state index in [4.69, 9.17) is 21.8 Å². The minimum atomic E-state index is -0.0668. The lowest BCUT2D eigenvalue weighted by Gasteiger charge is -2.08. The highest BCUT2D eigenvalue weighted by atomic mass is 35.5. The van der Waals surface area contributed by atoms with Crippen LogP contribution in [0.25, 0.3) is 22.3 Å². The van der Waals surface area contributed by atoms with Gasteiger partial charge in [-0.2, -0.15) is 0 Å². The van der Waals surface area contributed by atoms with E-state index in [1.807, 2.05) is 19.9 Å². The second kappa shape index (κ2) is 4.93. The molecule has 1 aromatic heterocycles. The number of hydrogen-bond donors (Lipinski definition) is 1. The first-order chi connectivity index (χ1) is 9.97. The summed E-state index contributed by atoms with van der Waals surface area (Å²) in [6, 6.07) is 10.4. The van der Waals surface area contributed by atoms with Crippen LogP contribution in [-0.4, -0.2) is 0 Å². The number of benzene rings is 2. The van der Waals surface area contributed by atoms with Crippen molar-refractivity contribution in [3.8, 4) is 11.3 Å². The molecule has 0 aliphatic carbocycles. The van der Waals surface area contributed by atoms with E-state index in [0.29, 0.717) is 27.4 Å². The van der Waals surface area contributed by atoms with Gasteiger partial charge in [-0.1, -0.05) is 17.7 Å². The fourth-order valence-electron chi connectivity index (χ4n) is 2.29. The quantitative estimate of drug-likeness (QED) is 0.681. The Labute approximate surface area is 127 Å². The standard InChI is InChI=1S/C17H14ClNO2/c1-9-3-5-12-15(20)8-16(21-17(12)10(9)2)11-4-6-13(18)14(19)7-11/h3-8H,19H2,1-2H3. The number of nitrogen functional groups attached to an aromatic ring is 1. The van der Waals surface area contributed by atoms with Crippen LogP contribution in [-0.2, 0) is 0 Å². The third-order valence-electron chi connectivity index (χ3n) is 3.70. The Hall–Kier alpha value is -2.26. The van der Waals surface area contributed by atoms with E-state index in [9.17, 15) is 4.79 Å². The van der Waals surface area contributed by atoms with E-state index in [0.717, 1.165) is 16.7 Å². The Morgan fingerprint density at radius 3 is 2.57 bits per heavy atom. The molecule has 0 unspecified atom stereocenters. The largest absolute Gasteiger partial charge is 0.456 e. The molecular formula is C17H14ClNO2. The Balaban J connectivity index is 2.31. The molecule has 21 heavy (non-hydrogen) atoms. The molecule has 0 bridgehead atoms. The fraction of sp³-hybridized carbons (Fsp3) is 0.118. The Morgan fingerprint density at radius 2 is 1.86 bits per heavy atom. The van der Waals surface area contributed by atoms with Crippen molar-refractivity contribution in [3.63, 3.8) is 0 Å². The first kappa shape index (κ1) is 13.7. The molecule has 0 saturated heterocycles. The molecule has 0 atom stereocenters. The number of aryl methyl sites for hydroxylation is 2. The molecule has 3 aromatic rings. The van der Waals surface area contributed by atoms with Crippen LogP contribution in [0.4, 0.5) is 5.69 Å². The number of nitrogens with two attached hydrogens (primary N) is 1. The molecule has 0 aliphatic rings. The highest BCUT2D eigenvalue weighted by Gasteiger charge is 2.11. The Bertz CT molecular complexity index is 913. The second-order valence-corrected chi connectivity index (χ2v) is 5.50. The van der Waals surface area contributed by atoms with Crippen LogP contribution in [0.1, 0.15) is 11.1 Å². The van der Waals surface area contributed by atoms with Crippen LogP contribution in [0.15, 0.2) is 45.6 Å². The second-order valence-electron chi connectivity index (χ2n) is 5.10. The Kier molecular flexibility index (Phi) is 3.22. The minimum Gasteiger partial charge on any atom is -0.456 e. The van der Waals surface area contributed by atoms with Crippen molar-refractivity contribution < 1.29 is 4.42 Å². The molecule has 0 spiro atoms. The third-order valence-corrected chi connectivity index (χ3v) is 4.04. The zero-order valence-electron chi connectivity index (χ0n) is 11.7. The van der Waals surface area contributed by atoms with E-state index in [-0.39, 0.29) is 5.43 Å². The van der Waals surface area contributed by atoms with Gasteiger partial charge in [-0.25, -0.2) is 0 Å². The molecule has 1 heterocycles. The molecule has 0 saturated carbocycles. The number of halogens is 1. The summed E-state index contributed by atoms with van der Waals surface area (Å²) in [5.74, 6) is 0.490. The van der Waals surface area contributed by atoms with Crippen LogP contribution in [0.3, 0.4) is 0 Å². The molecule has 3 rings (SSSR count). The molecule has 0 aliphatic heterocycles. The molecule has 2 N–H and O–H groups in total. The first-order valence-corrected chi connectivity index (χ1v) is 6.94. The van der Waals surface area contributed by atoms with Gasteiger partial charge in [0.15, 0.2) is 5.43 Å². The normalized spacial score (nSPS) is 11.0. The summed E-state index contributed by atoms with van der Waals surface area (Å²) in [6.07, 6.45) is 0. The summed E-state index contributed by atoms with van der Waals surface area (Å²) in [5.41, 5.74) is 9.60. The minimum absolute atomic E-state index is 0.0668. The van der Waals surface area contributed by atoms with Gasteiger partial charge in [0.05, 0.1) is 16.1 Å². The molecule has 0 radical (unpaired) electrons. The monoisotopic (exact) mass is 299 g/mol. The lowest BCUT2D eigenvalue weighted by molar-refractivity contribution is 0.616. The Morgan fingerprint density at radius 1 is 1.10 bits per heavy atom. The lowest BCUT2D eigenvalue weighted by atomic mass is 10.0. The predicted molar refractivity (Wildman–Crippen MR) is 86.8 cm³/mol. The van der Waals surface area contributed by atoms with Gasteiger partial charge in [0.1, 0.15) is 11.3 Å². The third kappa shape index (κ3) is 2.30. The number of fused-ring (bicyclic) bond motifs is 1. The van der Waals surface area contributed by atoms with Gasteiger partial charge in [-0.05, 0) is 49.2 Å². The summed E-state index contributed by atoms with van der Waals surface area (Å²) < 4.78 is 5.94. The molecular weight excluding hydrogens is 286 g/mol.